The Hall–Kier alpha value is -2.18. The van der Waals surface area contributed by atoms with E-state index in [1.807, 2.05) is 18.2 Å². The smallest absolute Gasteiger partial charge is 0.101 e. The van der Waals surface area contributed by atoms with Gasteiger partial charge in [0.15, 0.2) is 0 Å². The van der Waals surface area contributed by atoms with E-state index in [2.05, 4.69) is 42.4 Å². The van der Waals surface area contributed by atoms with Gasteiger partial charge in [-0.1, -0.05) is 32.0 Å². The lowest BCUT2D eigenvalue weighted by Crippen LogP contribution is -2.21. The van der Waals surface area contributed by atoms with Gasteiger partial charge in [0.1, 0.15) is 6.07 Å². The summed E-state index contributed by atoms with van der Waals surface area (Å²) in [6.07, 6.45) is 3.36. The Balaban J connectivity index is 2.25. The zero-order chi connectivity index (χ0) is 13.7. The van der Waals surface area contributed by atoms with Crippen molar-refractivity contribution in [2.75, 3.05) is 0 Å². The first kappa shape index (κ1) is 13.3. The van der Waals surface area contributed by atoms with Gasteiger partial charge in [0.2, 0.25) is 0 Å². The monoisotopic (exact) mass is 251 g/mol. The standard InChI is InChI=1S/C16H17N3/c1-12(2)19-10-13-4-3-5-15(6-13)16-7-14(8-17)9-18-11-16/h3-7,9,11-12,19H,10H2,1-2H3. The molecular formula is C16H17N3. The summed E-state index contributed by atoms with van der Waals surface area (Å²) >= 11 is 0. The molecule has 19 heavy (non-hydrogen) atoms. The fraction of sp³-hybridized carbons (Fsp3) is 0.250. The van der Waals surface area contributed by atoms with Gasteiger partial charge in [-0.05, 0) is 23.3 Å². The maximum atomic E-state index is 8.91. The van der Waals surface area contributed by atoms with E-state index in [4.69, 9.17) is 5.26 Å². The van der Waals surface area contributed by atoms with Gasteiger partial charge in [-0.3, -0.25) is 4.98 Å². The van der Waals surface area contributed by atoms with Crippen molar-refractivity contribution in [2.45, 2.75) is 26.4 Å². The number of nitrogens with zero attached hydrogens (tertiary/aromatic N) is 2. The van der Waals surface area contributed by atoms with Crippen LogP contribution in [0.5, 0.6) is 0 Å². The van der Waals surface area contributed by atoms with E-state index in [1.165, 1.54) is 5.56 Å². The molecule has 1 heterocycles. The molecule has 0 bridgehead atoms. The number of rotatable bonds is 4. The van der Waals surface area contributed by atoms with Crippen LogP contribution in [0.1, 0.15) is 25.0 Å². The summed E-state index contributed by atoms with van der Waals surface area (Å²) in [4.78, 5) is 4.10. The normalized spacial score (nSPS) is 10.4. The molecule has 1 aromatic heterocycles. The van der Waals surface area contributed by atoms with Crippen LogP contribution in [-0.4, -0.2) is 11.0 Å². The van der Waals surface area contributed by atoms with E-state index in [9.17, 15) is 0 Å². The lowest BCUT2D eigenvalue weighted by atomic mass is 10.0. The SMILES string of the molecule is CC(C)NCc1cccc(-c2cncc(C#N)c2)c1. The maximum absolute atomic E-state index is 8.91. The third-order valence-electron chi connectivity index (χ3n) is 2.84. The van der Waals surface area contributed by atoms with Crippen LogP contribution in [-0.2, 0) is 6.54 Å². The zero-order valence-electron chi connectivity index (χ0n) is 11.2. The van der Waals surface area contributed by atoms with Crippen LogP contribution in [0.2, 0.25) is 0 Å². The van der Waals surface area contributed by atoms with Crippen molar-refractivity contribution in [1.82, 2.24) is 10.3 Å². The molecule has 0 aliphatic rings. The molecule has 0 aliphatic carbocycles. The molecular weight excluding hydrogens is 234 g/mol. The number of pyridine rings is 1. The third kappa shape index (κ3) is 3.64. The molecule has 0 unspecified atom stereocenters. The molecule has 96 valence electrons. The van der Waals surface area contributed by atoms with Crippen molar-refractivity contribution >= 4 is 0 Å². The number of aromatic nitrogens is 1. The van der Waals surface area contributed by atoms with Crippen molar-refractivity contribution in [1.29, 1.82) is 5.26 Å². The molecule has 0 fully saturated rings. The Morgan fingerprint density at radius 1 is 1.21 bits per heavy atom. The zero-order valence-corrected chi connectivity index (χ0v) is 11.2. The third-order valence-corrected chi connectivity index (χ3v) is 2.84. The Kier molecular flexibility index (Phi) is 4.27. The topological polar surface area (TPSA) is 48.7 Å². The lowest BCUT2D eigenvalue weighted by molar-refractivity contribution is 0.589. The van der Waals surface area contributed by atoms with Crippen LogP contribution < -0.4 is 5.32 Å². The largest absolute Gasteiger partial charge is 0.310 e. The molecule has 1 aromatic carbocycles. The highest BCUT2D eigenvalue weighted by atomic mass is 14.9. The van der Waals surface area contributed by atoms with Gasteiger partial charge >= 0.3 is 0 Å². The Labute approximate surface area is 113 Å². The second kappa shape index (κ2) is 6.12. The molecule has 0 spiro atoms. The number of nitrogens with one attached hydrogen (secondary N) is 1. The Morgan fingerprint density at radius 3 is 2.79 bits per heavy atom. The first-order chi connectivity index (χ1) is 9.19. The highest BCUT2D eigenvalue weighted by Crippen LogP contribution is 2.20. The summed E-state index contributed by atoms with van der Waals surface area (Å²) in [7, 11) is 0. The molecule has 0 saturated carbocycles. The van der Waals surface area contributed by atoms with Crippen molar-refractivity contribution in [3.8, 4) is 17.2 Å². The highest BCUT2D eigenvalue weighted by Gasteiger charge is 2.02. The molecule has 0 radical (unpaired) electrons. The second-order valence-corrected chi connectivity index (χ2v) is 4.81. The number of nitriles is 1. The van der Waals surface area contributed by atoms with Gasteiger partial charge in [0.25, 0.3) is 0 Å². The van der Waals surface area contributed by atoms with Gasteiger partial charge in [-0.25, -0.2) is 0 Å². The molecule has 2 rings (SSSR count). The summed E-state index contributed by atoms with van der Waals surface area (Å²) in [5.41, 5.74) is 3.88. The van der Waals surface area contributed by atoms with Crippen molar-refractivity contribution < 1.29 is 0 Å². The van der Waals surface area contributed by atoms with Crippen LogP contribution in [0, 0.1) is 11.3 Å². The van der Waals surface area contributed by atoms with Crippen molar-refractivity contribution in [3.05, 3.63) is 53.9 Å². The molecule has 0 atom stereocenters. The van der Waals surface area contributed by atoms with E-state index in [1.54, 1.807) is 12.4 Å². The van der Waals surface area contributed by atoms with E-state index >= 15 is 0 Å². The summed E-state index contributed by atoms with van der Waals surface area (Å²) in [6, 6.07) is 12.7. The van der Waals surface area contributed by atoms with Gasteiger partial charge in [-0.2, -0.15) is 5.26 Å². The van der Waals surface area contributed by atoms with Crippen molar-refractivity contribution in [2.24, 2.45) is 0 Å². The Morgan fingerprint density at radius 2 is 2.05 bits per heavy atom. The summed E-state index contributed by atoms with van der Waals surface area (Å²) in [5.74, 6) is 0. The molecule has 3 nitrogen and oxygen atoms in total. The molecule has 0 amide bonds. The number of benzene rings is 1. The van der Waals surface area contributed by atoms with Crippen LogP contribution in [0.3, 0.4) is 0 Å². The highest BCUT2D eigenvalue weighted by molar-refractivity contribution is 5.64. The average molecular weight is 251 g/mol. The van der Waals surface area contributed by atoms with Crippen LogP contribution in [0.4, 0.5) is 0 Å². The number of hydrogen-bond acceptors (Lipinski definition) is 3. The average Bonchev–Trinajstić information content (AvgIpc) is 2.45. The lowest BCUT2D eigenvalue weighted by Gasteiger charge is -2.09. The second-order valence-electron chi connectivity index (χ2n) is 4.81. The van der Waals surface area contributed by atoms with Gasteiger partial charge in [0, 0.05) is 30.5 Å². The molecule has 1 N–H and O–H groups in total. The Bertz CT molecular complexity index is 597. The van der Waals surface area contributed by atoms with E-state index in [0.717, 1.165) is 17.7 Å². The predicted octanol–water partition coefficient (Wildman–Crippen LogP) is 3.12. The van der Waals surface area contributed by atoms with Crippen LogP contribution in [0.15, 0.2) is 42.7 Å². The first-order valence-electron chi connectivity index (χ1n) is 6.37. The maximum Gasteiger partial charge on any atom is 0.101 e. The molecule has 3 heteroatoms. The van der Waals surface area contributed by atoms with Gasteiger partial charge in [0.05, 0.1) is 5.56 Å². The minimum atomic E-state index is 0.465. The minimum absolute atomic E-state index is 0.465. The van der Waals surface area contributed by atoms with E-state index < -0.39 is 0 Å². The molecule has 0 saturated heterocycles. The summed E-state index contributed by atoms with van der Waals surface area (Å²) in [6.45, 7) is 5.10. The summed E-state index contributed by atoms with van der Waals surface area (Å²) in [5, 5.41) is 12.3. The quantitative estimate of drug-likeness (QED) is 0.908. The fourth-order valence-electron chi connectivity index (χ4n) is 1.84. The van der Waals surface area contributed by atoms with E-state index in [0.29, 0.717) is 11.6 Å². The predicted molar refractivity (Wildman–Crippen MR) is 76.4 cm³/mol. The summed E-state index contributed by atoms with van der Waals surface area (Å²) < 4.78 is 0. The van der Waals surface area contributed by atoms with E-state index in [-0.39, 0.29) is 0 Å². The molecule has 0 aliphatic heterocycles. The first-order valence-corrected chi connectivity index (χ1v) is 6.37. The fourth-order valence-corrected chi connectivity index (χ4v) is 1.84. The number of hydrogen-bond donors (Lipinski definition) is 1. The van der Waals surface area contributed by atoms with Gasteiger partial charge in [-0.15, -0.1) is 0 Å². The molecule has 2 aromatic rings. The van der Waals surface area contributed by atoms with Crippen LogP contribution >= 0.6 is 0 Å². The van der Waals surface area contributed by atoms with Crippen LogP contribution in [0.25, 0.3) is 11.1 Å². The minimum Gasteiger partial charge on any atom is -0.310 e. The van der Waals surface area contributed by atoms with Crippen molar-refractivity contribution in [3.63, 3.8) is 0 Å². The van der Waals surface area contributed by atoms with Gasteiger partial charge < -0.3 is 5.32 Å².